The second-order valence-electron chi connectivity index (χ2n) is 6.13. The molecule has 0 aromatic carbocycles. The molecule has 6 nitrogen and oxygen atoms in total. The Morgan fingerprint density at radius 3 is 3.00 bits per heavy atom. The third-order valence-corrected chi connectivity index (χ3v) is 4.48. The molecule has 0 spiro atoms. The third-order valence-electron chi connectivity index (χ3n) is 4.48. The van der Waals surface area contributed by atoms with E-state index >= 15 is 0 Å². The number of anilines is 1. The maximum absolute atomic E-state index is 10.0. The molecule has 0 saturated carbocycles. The van der Waals surface area contributed by atoms with Crippen LogP contribution in [0.5, 0.6) is 0 Å². The maximum atomic E-state index is 10.0. The van der Waals surface area contributed by atoms with Crippen molar-refractivity contribution in [1.82, 2.24) is 20.3 Å². The second-order valence-corrected chi connectivity index (χ2v) is 6.13. The van der Waals surface area contributed by atoms with E-state index in [1.54, 1.807) is 6.20 Å². The lowest BCUT2D eigenvalue weighted by atomic mass is 10.2. The van der Waals surface area contributed by atoms with Crippen LogP contribution in [0.2, 0.25) is 0 Å². The number of aryl methyl sites for hydroxylation is 1. The molecule has 1 aliphatic carbocycles. The van der Waals surface area contributed by atoms with Crippen LogP contribution in [-0.4, -0.2) is 45.9 Å². The summed E-state index contributed by atoms with van der Waals surface area (Å²) >= 11 is 0. The Morgan fingerprint density at radius 1 is 1.17 bits per heavy atom. The number of nitrogens with zero attached hydrogens (tertiary/aromatic N) is 4. The molecule has 0 amide bonds. The first-order chi connectivity index (χ1) is 11.3. The van der Waals surface area contributed by atoms with Crippen molar-refractivity contribution in [3.8, 4) is 11.5 Å². The minimum atomic E-state index is -0.511. The molecule has 1 saturated heterocycles. The molecule has 1 aliphatic heterocycles. The van der Waals surface area contributed by atoms with Gasteiger partial charge in [-0.25, -0.2) is 9.97 Å². The van der Waals surface area contributed by atoms with Crippen molar-refractivity contribution in [2.75, 3.05) is 24.5 Å². The normalized spacial score (nSPS) is 21.1. The van der Waals surface area contributed by atoms with Crippen molar-refractivity contribution in [1.29, 1.82) is 0 Å². The molecule has 2 aromatic rings. The van der Waals surface area contributed by atoms with E-state index in [0.29, 0.717) is 12.4 Å². The molecule has 2 aromatic heterocycles. The fourth-order valence-corrected chi connectivity index (χ4v) is 3.38. The highest BCUT2D eigenvalue weighted by atomic mass is 16.3. The van der Waals surface area contributed by atoms with Gasteiger partial charge < -0.3 is 10.0 Å². The van der Waals surface area contributed by atoms with E-state index in [4.69, 9.17) is 9.97 Å². The summed E-state index contributed by atoms with van der Waals surface area (Å²) in [5, 5.41) is 13.2. The molecule has 6 heteroatoms. The van der Waals surface area contributed by atoms with Crippen molar-refractivity contribution < 1.29 is 5.11 Å². The summed E-state index contributed by atoms with van der Waals surface area (Å²) in [4.78, 5) is 16.2. The molecule has 2 N–H and O–H groups in total. The smallest absolute Gasteiger partial charge is 0.180 e. The van der Waals surface area contributed by atoms with Gasteiger partial charge in [0.15, 0.2) is 5.82 Å². The number of β-amino-alcohol motifs (C(OH)–C–C–N with tert-alkyl or cyclic N) is 1. The fourth-order valence-electron chi connectivity index (χ4n) is 3.38. The predicted octanol–water partition coefficient (Wildman–Crippen LogP) is 1.15. The lowest BCUT2D eigenvalue weighted by Crippen LogP contribution is -2.38. The average molecular weight is 311 g/mol. The predicted molar refractivity (Wildman–Crippen MR) is 88.1 cm³/mol. The number of aliphatic hydroxyl groups excluding tert-OH is 1. The zero-order chi connectivity index (χ0) is 15.6. The van der Waals surface area contributed by atoms with Gasteiger partial charge in [0.1, 0.15) is 17.7 Å². The molecule has 120 valence electrons. The highest BCUT2D eigenvalue weighted by molar-refractivity contribution is 5.59. The summed E-state index contributed by atoms with van der Waals surface area (Å²) in [6.07, 6.45) is 5.40. The van der Waals surface area contributed by atoms with Crippen LogP contribution < -0.4 is 10.2 Å². The summed E-state index contributed by atoms with van der Waals surface area (Å²) < 4.78 is 0. The average Bonchev–Trinajstić information content (AvgIpc) is 2.96. The van der Waals surface area contributed by atoms with Crippen LogP contribution in [0, 0.1) is 0 Å². The van der Waals surface area contributed by atoms with Gasteiger partial charge in [0, 0.05) is 24.0 Å². The standard InChI is InChI=1S/C17H21N5O/c23-15-11-22(10-4-9-19-15)17-12-5-3-7-13(12)20-16(21-17)14-6-1-2-8-18-14/h1-2,6,8,15,19,23H,3-5,7,9-11H2. The van der Waals surface area contributed by atoms with Crippen LogP contribution in [-0.2, 0) is 12.8 Å². The monoisotopic (exact) mass is 311 g/mol. The molecule has 0 bridgehead atoms. The summed E-state index contributed by atoms with van der Waals surface area (Å²) in [6, 6.07) is 5.80. The van der Waals surface area contributed by atoms with Crippen molar-refractivity contribution in [3.05, 3.63) is 35.7 Å². The number of rotatable bonds is 2. The number of pyridine rings is 1. The number of aromatic nitrogens is 3. The molecule has 23 heavy (non-hydrogen) atoms. The van der Waals surface area contributed by atoms with Gasteiger partial charge in [-0.15, -0.1) is 0 Å². The summed E-state index contributed by atoms with van der Waals surface area (Å²) in [6.45, 7) is 2.29. The SMILES string of the molecule is OC1CN(c2nc(-c3ccccn3)nc3c2CCC3)CCCN1. The van der Waals surface area contributed by atoms with Crippen LogP contribution in [0.4, 0.5) is 5.82 Å². The summed E-state index contributed by atoms with van der Waals surface area (Å²) in [5.74, 6) is 1.67. The van der Waals surface area contributed by atoms with Crippen molar-refractivity contribution in [2.45, 2.75) is 31.9 Å². The van der Waals surface area contributed by atoms with E-state index in [1.807, 2.05) is 18.2 Å². The molecule has 3 heterocycles. The molecular weight excluding hydrogens is 290 g/mol. The minimum absolute atomic E-state index is 0.511. The van der Waals surface area contributed by atoms with Crippen LogP contribution in [0.3, 0.4) is 0 Å². The Kier molecular flexibility index (Phi) is 3.93. The first kappa shape index (κ1) is 14.5. The van der Waals surface area contributed by atoms with E-state index in [9.17, 15) is 5.11 Å². The zero-order valence-electron chi connectivity index (χ0n) is 13.1. The quantitative estimate of drug-likeness (QED) is 0.866. The lowest BCUT2D eigenvalue weighted by molar-refractivity contribution is 0.150. The van der Waals surface area contributed by atoms with E-state index < -0.39 is 6.23 Å². The minimum Gasteiger partial charge on any atom is -0.377 e. The highest BCUT2D eigenvalue weighted by Crippen LogP contribution is 2.31. The number of hydrogen-bond donors (Lipinski definition) is 2. The van der Waals surface area contributed by atoms with Crippen molar-refractivity contribution in [2.24, 2.45) is 0 Å². The van der Waals surface area contributed by atoms with E-state index in [2.05, 4.69) is 15.2 Å². The largest absolute Gasteiger partial charge is 0.377 e. The molecule has 1 fully saturated rings. The Bertz CT molecular complexity index is 691. The van der Waals surface area contributed by atoms with Crippen molar-refractivity contribution >= 4 is 5.82 Å². The van der Waals surface area contributed by atoms with E-state index in [0.717, 1.165) is 56.0 Å². The molecule has 4 rings (SSSR count). The molecule has 1 unspecified atom stereocenters. The summed E-state index contributed by atoms with van der Waals surface area (Å²) in [7, 11) is 0. The van der Waals surface area contributed by atoms with Crippen LogP contribution in [0.1, 0.15) is 24.1 Å². The first-order valence-electron chi connectivity index (χ1n) is 8.29. The molecule has 1 atom stereocenters. The Morgan fingerprint density at radius 2 is 2.13 bits per heavy atom. The Hall–Kier alpha value is -2.05. The van der Waals surface area contributed by atoms with Gasteiger partial charge in [0.05, 0.1) is 6.54 Å². The number of fused-ring (bicyclic) bond motifs is 1. The third kappa shape index (κ3) is 2.92. The van der Waals surface area contributed by atoms with Gasteiger partial charge in [-0.2, -0.15) is 0 Å². The van der Waals surface area contributed by atoms with Gasteiger partial charge in [-0.05, 0) is 44.4 Å². The zero-order valence-corrected chi connectivity index (χ0v) is 13.1. The first-order valence-corrected chi connectivity index (χ1v) is 8.29. The number of aliphatic hydroxyl groups is 1. The van der Waals surface area contributed by atoms with Gasteiger partial charge in [-0.1, -0.05) is 6.07 Å². The van der Waals surface area contributed by atoms with Crippen LogP contribution in [0.15, 0.2) is 24.4 Å². The number of nitrogens with one attached hydrogen (secondary N) is 1. The Balaban J connectivity index is 1.77. The molecular formula is C17H21N5O. The van der Waals surface area contributed by atoms with Crippen LogP contribution >= 0.6 is 0 Å². The Labute approximate surface area is 135 Å². The fraction of sp³-hybridized carbons (Fsp3) is 0.471. The maximum Gasteiger partial charge on any atom is 0.180 e. The van der Waals surface area contributed by atoms with Gasteiger partial charge in [0.25, 0.3) is 0 Å². The van der Waals surface area contributed by atoms with Gasteiger partial charge in [0.2, 0.25) is 0 Å². The lowest BCUT2D eigenvalue weighted by Gasteiger charge is -2.25. The number of hydrogen-bond acceptors (Lipinski definition) is 6. The van der Waals surface area contributed by atoms with Gasteiger partial charge in [-0.3, -0.25) is 10.3 Å². The molecule has 0 radical (unpaired) electrons. The second kappa shape index (κ2) is 6.22. The van der Waals surface area contributed by atoms with Crippen molar-refractivity contribution in [3.63, 3.8) is 0 Å². The highest BCUT2D eigenvalue weighted by Gasteiger charge is 2.25. The van der Waals surface area contributed by atoms with E-state index in [-0.39, 0.29) is 0 Å². The summed E-state index contributed by atoms with van der Waals surface area (Å²) in [5.41, 5.74) is 3.19. The van der Waals surface area contributed by atoms with Crippen LogP contribution in [0.25, 0.3) is 11.5 Å². The van der Waals surface area contributed by atoms with Gasteiger partial charge >= 0.3 is 0 Å². The topological polar surface area (TPSA) is 74.2 Å². The molecule has 2 aliphatic rings. The van der Waals surface area contributed by atoms with E-state index in [1.165, 1.54) is 5.56 Å².